The van der Waals surface area contributed by atoms with Crippen LogP contribution in [0.2, 0.25) is 0 Å². The Hall–Kier alpha value is -2.11. The Kier molecular flexibility index (Phi) is 7.70. The van der Waals surface area contributed by atoms with Crippen LogP contribution in [0.15, 0.2) is 54.6 Å². The van der Waals surface area contributed by atoms with Crippen LogP contribution in [0.5, 0.6) is 0 Å². The summed E-state index contributed by atoms with van der Waals surface area (Å²) in [6.07, 6.45) is 3.25. The summed E-state index contributed by atoms with van der Waals surface area (Å²) in [5.74, 6) is -0.370. The number of benzene rings is 2. The quantitative estimate of drug-likeness (QED) is 0.534. The molecular formula is C20H27BN2O2. The van der Waals surface area contributed by atoms with Gasteiger partial charge in [-0.1, -0.05) is 67.9 Å². The second kappa shape index (κ2) is 10.0. The van der Waals surface area contributed by atoms with Crippen LogP contribution in [0.4, 0.5) is 0 Å². The van der Waals surface area contributed by atoms with E-state index in [2.05, 4.69) is 19.1 Å². The van der Waals surface area contributed by atoms with Crippen molar-refractivity contribution in [2.75, 3.05) is 6.54 Å². The van der Waals surface area contributed by atoms with Crippen LogP contribution in [0.3, 0.4) is 0 Å². The fourth-order valence-corrected chi connectivity index (χ4v) is 2.71. The predicted molar refractivity (Wildman–Crippen MR) is 104 cm³/mol. The third kappa shape index (κ3) is 5.73. The van der Waals surface area contributed by atoms with E-state index in [1.165, 1.54) is 5.56 Å². The Bertz CT molecular complexity index is 647. The van der Waals surface area contributed by atoms with Gasteiger partial charge in [-0.2, -0.15) is 0 Å². The number of hydrogen-bond donors (Lipinski definition) is 2. The Balaban J connectivity index is 2.16. The van der Waals surface area contributed by atoms with Gasteiger partial charge in [0.1, 0.15) is 6.04 Å². The smallest absolute Gasteiger partial charge is 0.429 e. The molecule has 132 valence electrons. The first-order valence-corrected chi connectivity index (χ1v) is 8.95. The molecule has 4 N–H and O–H groups in total. The first-order valence-electron chi connectivity index (χ1n) is 8.95. The summed E-state index contributed by atoms with van der Waals surface area (Å²) < 4.78 is 5.79. The van der Waals surface area contributed by atoms with Crippen molar-refractivity contribution in [2.24, 2.45) is 11.5 Å². The van der Waals surface area contributed by atoms with Gasteiger partial charge in [0, 0.05) is 0 Å². The molecule has 2 aromatic rings. The molecule has 2 aromatic carbocycles. The molecule has 0 aliphatic rings. The number of nitrogens with two attached hydrogens (primary N) is 2. The Morgan fingerprint density at radius 3 is 2.28 bits per heavy atom. The fourth-order valence-electron chi connectivity index (χ4n) is 2.71. The predicted octanol–water partition coefficient (Wildman–Crippen LogP) is 1.35. The third-order valence-electron chi connectivity index (χ3n) is 4.30. The van der Waals surface area contributed by atoms with Crippen molar-refractivity contribution in [1.82, 2.24) is 0 Å². The maximum Gasteiger partial charge on any atom is 0.429 e. The van der Waals surface area contributed by atoms with Gasteiger partial charge in [-0.3, -0.25) is 4.79 Å². The van der Waals surface area contributed by atoms with E-state index in [-0.39, 0.29) is 5.97 Å². The van der Waals surface area contributed by atoms with Crippen LogP contribution < -0.4 is 22.4 Å². The van der Waals surface area contributed by atoms with Crippen LogP contribution in [0.1, 0.15) is 31.7 Å². The molecule has 5 heteroatoms. The summed E-state index contributed by atoms with van der Waals surface area (Å²) in [5, 5.41) is 0. The Morgan fingerprint density at radius 2 is 1.68 bits per heavy atom. The zero-order valence-electron chi connectivity index (χ0n) is 14.9. The molecule has 0 spiro atoms. The van der Waals surface area contributed by atoms with Crippen molar-refractivity contribution in [3.05, 3.63) is 60.2 Å². The first kappa shape index (κ1) is 19.2. The molecule has 0 saturated heterocycles. The molecule has 2 rings (SSSR count). The molecule has 4 nitrogen and oxygen atoms in total. The second-order valence-corrected chi connectivity index (χ2v) is 6.21. The molecule has 1 unspecified atom stereocenters. The van der Waals surface area contributed by atoms with Crippen molar-refractivity contribution in [2.45, 2.75) is 38.6 Å². The highest BCUT2D eigenvalue weighted by molar-refractivity contribution is 6.81. The van der Waals surface area contributed by atoms with Crippen LogP contribution in [0, 0.1) is 0 Å². The molecule has 25 heavy (non-hydrogen) atoms. The van der Waals surface area contributed by atoms with E-state index in [0.29, 0.717) is 13.0 Å². The van der Waals surface area contributed by atoms with Gasteiger partial charge in [-0.25, -0.2) is 0 Å². The second-order valence-electron chi connectivity index (χ2n) is 6.21. The molecule has 0 bridgehead atoms. The molecule has 0 amide bonds. The Morgan fingerprint density at radius 1 is 1.04 bits per heavy atom. The monoisotopic (exact) mass is 338 g/mol. The van der Waals surface area contributed by atoms with Crippen molar-refractivity contribution >= 4 is 23.8 Å². The topological polar surface area (TPSA) is 78.3 Å². The summed E-state index contributed by atoms with van der Waals surface area (Å²) in [4.78, 5) is 12.4. The fraction of sp³-hybridized carbons (Fsp3) is 0.350. The van der Waals surface area contributed by atoms with Crippen molar-refractivity contribution < 1.29 is 9.45 Å². The van der Waals surface area contributed by atoms with E-state index in [1.54, 1.807) is 0 Å². The highest BCUT2D eigenvalue weighted by atomic mass is 16.5. The zero-order valence-corrected chi connectivity index (χ0v) is 14.9. The van der Waals surface area contributed by atoms with Gasteiger partial charge in [0.25, 0.3) is 0 Å². The summed E-state index contributed by atoms with van der Waals surface area (Å²) >= 11 is 0. The van der Waals surface area contributed by atoms with E-state index in [1.807, 2.05) is 42.5 Å². The normalized spacial score (nSPS) is 11.8. The number of aryl methyl sites for hydroxylation is 1. The van der Waals surface area contributed by atoms with Crippen LogP contribution >= 0.6 is 0 Å². The van der Waals surface area contributed by atoms with Gasteiger partial charge in [0.15, 0.2) is 0 Å². The third-order valence-corrected chi connectivity index (χ3v) is 4.30. The number of unbranched alkanes of at least 4 members (excludes halogenated alkanes) is 1. The lowest BCUT2D eigenvalue weighted by molar-refractivity contribution is -0.136. The van der Waals surface area contributed by atoms with Gasteiger partial charge >= 0.3 is 12.9 Å². The van der Waals surface area contributed by atoms with E-state index in [0.717, 1.165) is 30.2 Å². The average Bonchev–Trinajstić information content (AvgIpc) is 2.67. The van der Waals surface area contributed by atoms with E-state index in [9.17, 15) is 4.79 Å². The van der Waals surface area contributed by atoms with Gasteiger partial charge in [-0.05, 0) is 42.3 Å². The minimum atomic E-state index is -0.618. The van der Waals surface area contributed by atoms with Crippen LogP contribution in [-0.4, -0.2) is 25.5 Å². The maximum absolute atomic E-state index is 12.4. The maximum atomic E-state index is 12.4. The van der Waals surface area contributed by atoms with E-state index in [4.69, 9.17) is 16.1 Å². The van der Waals surface area contributed by atoms with Gasteiger partial charge in [-0.15, -0.1) is 0 Å². The largest absolute Gasteiger partial charge is 0.525 e. The number of carbonyl (C=O) groups excluding carboxylic acids is 1. The molecule has 0 heterocycles. The first-order chi connectivity index (χ1) is 12.2. The van der Waals surface area contributed by atoms with Gasteiger partial charge in [0.05, 0.1) is 0 Å². The lowest BCUT2D eigenvalue weighted by atomic mass is 9.55. The average molecular weight is 338 g/mol. The summed E-state index contributed by atoms with van der Waals surface area (Å²) in [7, 11) is 0. The summed E-state index contributed by atoms with van der Waals surface area (Å²) in [6, 6.07) is 17.3. The molecule has 0 fully saturated rings. The van der Waals surface area contributed by atoms with Crippen LogP contribution in [0.25, 0.3) is 0 Å². The van der Waals surface area contributed by atoms with Crippen molar-refractivity contribution in [1.29, 1.82) is 0 Å². The zero-order chi connectivity index (χ0) is 18.1. The van der Waals surface area contributed by atoms with Crippen LogP contribution in [-0.2, 0) is 15.9 Å². The molecule has 0 saturated carbocycles. The van der Waals surface area contributed by atoms with Crippen molar-refractivity contribution in [3.8, 4) is 0 Å². The summed E-state index contributed by atoms with van der Waals surface area (Å²) in [6.45, 7) is 2.28. The number of rotatable bonds is 9. The highest BCUT2D eigenvalue weighted by Gasteiger charge is 2.28. The van der Waals surface area contributed by atoms with Gasteiger partial charge < -0.3 is 16.1 Å². The van der Waals surface area contributed by atoms with E-state index >= 15 is 0 Å². The lowest BCUT2D eigenvalue weighted by Gasteiger charge is -2.18. The molecule has 1 atom stereocenters. The van der Waals surface area contributed by atoms with Crippen molar-refractivity contribution in [3.63, 3.8) is 0 Å². The Labute approximate surface area is 150 Å². The number of carbonyl (C=O) groups is 1. The highest BCUT2D eigenvalue weighted by Crippen LogP contribution is 2.04. The summed E-state index contributed by atoms with van der Waals surface area (Å²) in [5.41, 5.74) is 14.6. The minimum Gasteiger partial charge on any atom is -0.525 e. The number of hydrogen-bond acceptors (Lipinski definition) is 4. The molecule has 0 radical (unpaired) electrons. The molecule has 0 aliphatic carbocycles. The minimum absolute atomic E-state index is 0.370. The lowest BCUT2D eigenvalue weighted by Crippen LogP contribution is -2.49. The molecule has 0 aromatic heterocycles. The standard InChI is InChI=1S/C20H27BN2O2/c1-2-16-11-13-18(14-12-16)21(17-8-4-3-5-9-17)25-20(24)19(23)10-6-7-15-22/h3-5,8-9,11-14,19H,2,6-7,10,15,22-23H2,1H3. The molecular weight excluding hydrogens is 311 g/mol. The molecule has 0 aliphatic heterocycles. The van der Waals surface area contributed by atoms with Gasteiger partial charge in [0.2, 0.25) is 0 Å². The van der Waals surface area contributed by atoms with E-state index < -0.39 is 13.0 Å². The SMILES string of the molecule is CCc1ccc(B(OC(=O)C(N)CCCCN)c2ccccc2)cc1.